The minimum Gasteiger partial charge on any atom is -0.372 e. The van der Waals surface area contributed by atoms with Crippen LogP contribution in [0.2, 0.25) is 0 Å². The van der Waals surface area contributed by atoms with E-state index in [4.69, 9.17) is 9.72 Å². The van der Waals surface area contributed by atoms with Crippen molar-refractivity contribution in [2.45, 2.75) is 64.9 Å². The van der Waals surface area contributed by atoms with Gasteiger partial charge in [0.1, 0.15) is 4.83 Å². The minimum atomic E-state index is -0.0185. The monoisotopic (exact) mass is 409 g/mol. The summed E-state index contributed by atoms with van der Waals surface area (Å²) in [6.07, 6.45) is 0.0891. The van der Waals surface area contributed by atoms with Gasteiger partial charge in [-0.25, -0.2) is 4.98 Å². The van der Waals surface area contributed by atoms with Crippen LogP contribution in [-0.4, -0.2) is 51.4 Å². The van der Waals surface area contributed by atoms with Crippen LogP contribution in [0.1, 0.15) is 44.2 Å². The van der Waals surface area contributed by atoms with Crippen LogP contribution in [0, 0.1) is 13.8 Å². The van der Waals surface area contributed by atoms with Crippen molar-refractivity contribution >= 4 is 39.2 Å². The van der Waals surface area contributed by atoms with Gasteiger partial charge in [0.05, 0.1) is 23.3 Å². The number of aromatic nitrogens is 2. The molecule has 0 spiro atoms. The second-order valence-corrected chi connectivity index (χ2v) is 9.62. The molecule has 1 amide bonds. The number of rotatable bonds is 4. The fraction of sp³-hybridized carbons (Fsp3) is 0.632. The van der Waals surface area contributed by atoms with Crippen molar-refractivity contribution in [1.82, 2.24) is 14.5 Å². The molecule has 0 saturated carbocycles. The zero-order chi connectivity index (χ0) is 19.9. The van der Waals surface area contributed by atoms with Gasteiger partial charge < -0.3 is 9.64 Å². The van der Waals surface area contributed by atoms with Crippen molar-refractivity contribution < 1.29 is 9.53 Å². The van der Waals surface area contributed by atoms with Gasteiger partial charge in [0.15, 0.2) is 5.16 Å². The fourth-order valence-electron chi connectivity index (χ4n) is 3.44. The van der Waals surface area contributed by atoms with Gasteiger partial charge in [-0.05, 0) is 47.1 Å². The molecule has 0 unspecified atom stereocenters. The summed E-state index contributed by atoms with van der Waals surface area (Å²) in [5.74, 6) is 0.332. The second-order valence-electron chi connectivity index (χ2n) is 7.47. The Morgan fingerprint density at radius 3 is 2.52 bits per heavy atom. The Kier molecular flexibility index (Phi) is 5.98. The number of amides is 1. The number of thioether (sulfide) groups is 1. The van der Waals surface area contributed by atoms with Crippen molar-refractivity contribution in [1.29, 1.82) is 0 Å². The van der Waals surface area contributed by atoms with E-state index < -0.39 is 0 Å². The van der Waals surface area contributed by atoms with E-state index in [1.807, 2.05) is 46.4 Å². The van der Waals surface area contributed by atoms with Gasteiger partial charge in [0, 0.05) is 24.0 Å². The summed E-state index contributed by atoms with van der Waals surface area (Å²) in [5.41, 5.74) is 0.992. The molecule has 0 aromatic carbocycles. The molecule has 0 radical (unpaired) electrons. The maximum Gasteiger partial charge on any atom is 0.263 e. The zero-order valence-electron chi connectivity index (χ0n) is 16.7. The number of fused-ring (bicyclic) bond motifs is 1. The maximum atomic E-state index is 13.1. The summed E-state index contributed by atoms with van der Waals surface area (Å²) in [4.78, 5) is 34.2. The van der Waals surface area contributed by atoms with Crippen LogP contribution in [0.3, 0.4) is 0 Å². The SMILES string of the molecule is Cc1sc2nc(SCC(=O)N3C[C@@H](C)O[C@@H](C)C3)n(C(C)C)c(=O)c2c1C. The average Bonchev–Trinajstić information content (AvgIpc) is 2.85. The summed E-state index contributed by atoms with van der Waals surface area (Å²) in [6.45, 7) is 13.1. The molecule has 0 bridgehead atoms. The lowest BCUT2D eigenvalue weighted by atomic mass is 10.2. The van der Waals surface area contributed by atoms with E-state index in [1.54, 1.807) is 15.9 Å². The molecule has 148 valence electrons. The van der Waals surface area contributed by atoms with Crippen molar-refractivity contribution in [2.75, 3.05) is 18.8 Å². The Hall–Kier alpha value is -1.38. The normalized spacial score (nSPS) is 20.6. The number of carbonyl (C=O) groups excluding carboxylic acids is 1. The van der Waals surface area contributed by atoms with E-state index in [2.05, 4.69) is 0 Å². The predicted octanol–water partition coefficient (Wildman–Crippen LogP) is 3.38. The van der Waals surface area contributed by atoms with Gasteiger partial charge in [0.25, 0.3) is 5.56 Å². The Bertz CT molecular complexity index is 909. The van der Waals surface area contributed by atoms with E-state index in [-0.39, 0.29) is 35.5 Å². The molecule has 8 heteroatoms. The molecule has 27 heavy (non-hydrogen) atoms. The topological polar surface area (TPSA) is 64.4 Å². The Morgan fingerprint density at radius 2 is 1.93 bits per heavy atom. The number of nitrogens with zero attached hydrogens (tertiary/aromatic N) is 3. The number of hydrogen-bond acceptors (Lipinski definition) is 6. The molecule has 1 saturated heterocycles. The molecular weight excluding hydrogens is 382 g/mol. The van der Waals surface area contributed by atoms with Crippen molar-refractivity contribution in [2.24, 2.45) is 0 Å². The second kappa shape index (κ2) is 7.93. The van der Waals surface area contributed by atoms with Crippen molar-refractivity contribution in [3.05, 3.63) is 20.8 Å². The quantitative estimate of drug-likeness (QED) is 0.572. The number of carbonyl (C=O) groups is 1. The number of thiophene rings is 1. The van der Waals surface area contributed by atoms with E-state index in [0.29, 0.717) is 23.6 Å². The molecule has 6 nitrogen and oxygen atoms in total. The standard InChI is InChI=1S/C19H27N3O3S2/c1-10(2)22-18(24)16-13(5)14(6)27-17(16)20-19(22)26-9-15(23)21-7-11(3)25-12(4)8-21/h10-12H,7-9H2,1-6H3/t11-,12+. The molecule has 3 heterocycles. The first kappa shape index (κ1) is 20.4. The number of aryl methyl sites for hydroxylation is 2. The highest BCUT2D eigenvalue weighted by atomic mass is 32.2. The van der Waals surface area contributed by atoms with Crippen molar-refractivity contribution in [3.8, 4) is 0 Å². The number of morpholine rings is 1. The third kappa shape index (κ3) is 4.07. The molecule has 1 fully saturated rings. The molecule has 1 aliphatic rings. The van der Waals surface area contributed by atoms with Crippen LogP contribution in [-0.2, 0) is 9.53 Å². The predicted molar refractivity (Wildman–Crippen MR) is 111 cm³/mol. The smallest absolute Gasteiger partial charge is 0.263 e. The average molecular weight is 410 g/mol. The van der Waals surface area contributed by atoms with Gasteiger partial charge in [-0.3, -0.25) is 14.2 Å². The van der Waals surface area contributed by atoms with Crippen LogP contribution < -0.4 is 5.56 Å². The van der Waals surface area contributed by atoms with Crippen LogP contribution >= 0.6 is 23.1 Å². The van der Waals surface area contributed by atoms with Crippen LogP contribution in [0.5, 0.6) is 0 Å². The van der Waals surface area contributed by atoms with E-state index in [9.17, 15) is 9.59 Å². The van der Waals surface area contributed by atoms with Crippen LogP contribution in [0.25, 0.3) is 10.2 Å². The molecular formula is C19H27N3O3S2. The Labute approximate surface area is 167 Å². The lowest BCUT2D eigenvalue weighted by Gasteiger charge is -2.35. The molecule has 0 N–H and O–H groups in total. The fourth-order valence-corrected chi connectivity index (χ4v) is 5.55. The summed E-state index contributed by atoms with van der Waals surface area (Å²) < 4.78 is 7.41. The first-order valence-electron chi connectivity index (χ1n) is 9.27. The van der Waals surface area contributed by atoms with Crippen LogP contribution in [0.4, 0.5) is 0 Å². The first-order chi connectivity index (χ1) is 12.7. The maximum absolute atomic E-state index is 13.1. The van der Waals surface area contributed by atoms with Gasteiger partial charge >= 0.3 is 0 Å². The van der Waals surface area contributed by atoms with Gasteiger partial charge in [-0.1, -0.05) is 11.8 Å². The molecule has 1 aliphatic heterocycles. The summed E-state index contributed by atoms with van der Waals surface area (Å²) in [7, 11) is 0. The third-order valence-corrected chi connectivity index (χ3v) is 6.85. The highest BCUT2D eigenvalue weighted by Crippen LogP contribution is 2.29. The lowest BCUT2D eigenvalue weighted by molar-refractivity contribution is -0.140. The third-order valence-electron chi connectivity index (χ3n) is 4.82. The lowest BCUT2D eigenvalue weighted by Crippen LogP contribution is -2.48. The molecule has 2 aromatic rings. The summed E-state index contributed by atoms with van der Waals surface area (Å²) in [6, 6.07) is -0.0185. The van der Waals surface area contributed by atoms with Crippen molar-refractivity contribution in [3.63, 3.8) is 0 Å². The summed E-state index contributed by atoms with van der Waals surface area (Å²) in [5, 5.41) is 1.32. The first-order valence-corrected chi connectivity index (χ1v) is 11.1. The van der Waals surface area contributed by atoms with Crippen LogP contribution in [0.15, 0.2) is 9.95 Å². The summed E-state index contributed by atoms with van der Waals surface area (Å²) >= 11 is 2.89. The number of hydrogen-bond donors (Lipinski definition) is 0. The molecule has 2 aromatic heterocycles. The van der Waals surface area contributed by atoms with E-state index >= 15 is 0 Å². The Balaban J connectivity index is 1.87. The van der Waals surface area contributed by atoms with Gasteiger partial charge in [-0.2, -0.15) is 0 Å². The Morgan fingerprint density at radius 1 is 1.30 bits per heavy atom. The number of ether oxygens (including phenoxy) is 1. The van der Waals surface area contributed by atoms with E-state index in [1.165, 1.54) is 11.8 Å². The largest absolute Gasteiger partial charge is 0.372 e. The minimum absolute atomic E-state index is 0.0135. The van der Waals surface area contributed by atoms with Gasteiger partial charge in [0.2, 0.25) is 5.91 Å². The molecule has 3 rings (SSSR count). The van der Waals surface area contributed by atoms with Gasteiger partial charge in [-0.15, -0.1) is 11.3 Å². The molecule has 2 atom stereocenters. The highest BCUT2D eigenvalue weighted by molar-refractivity contribution is 7.99. The molecule has 0 aliphatic carbocycles. The van der Waals surface area contributed by atoms with E-state index in [0.717, 1.165) is 15.3 Å². The zero-order valence-corrected chi connectivity index (χ0v) is 18.4. The highest BCUT2D eigenvalue weighted by Gasteiger charge is 2.26.